The fourth-order valence-corrected chi connectivity index (χ4v) is 5.07. The normalized spacial score (nSPS) is 12.5. The Morgan fingerprint density at radius 3 is 2.49 bits per heavy atom. The van der Waals surface area contributed by atoms with Crippen LogP contribution in [0.15, 0.2) is 67.3 Å². The molecule has 0 amide bonds. The van der Waals surface area contributed by atoms with Crippen LogP contribution in [0, 0.1) is 0 Å². The van der Waals surface area contributed by atoms with E-state index in [-0.39, 0.29) is 12.1 Å². The highest BCUT2D eigenvalue weighted by Gasteiger charge is 2.21. The van der Waals surface area contributed by atoms with E-state index in [0.717, 1.165) is 57.0 Å². The van der Waals surface area contributed by atoms with Crippen molar-refractivity contribution in [3.8, 4) is 17.3 Å². The standard InChI is InChI=1S/C32H37N5O2/c1-7-10-23-11-8-9-12-25(23)18-37-28(17-24-13-14-26(21(4)33)34-31(24)37)32-35-27-15-22(19-39-20(2)3)16-29(38-6)30(27)36(32)5/h7-9,11-17,20-21H,1,10,18-19,33H2,2-6H3/t21-/m1/s1. The average molecular weight is 524 g/mol. The summed E-state index contributed by atoms with van der Waals surface area (Å²) in [6.07, 6.45) is 2.88. The summed E-state index contributed by atoms with van der Waals surface area (Å²) in [4.78, 5) is 10.1. The van der Waals surface area contributed by atoms with Crippen LogP contribution in [0.5, 0.6) is 5.75 Å². The summed E-state index contributed by atoms with van der Waals surface area (Å²) >= 11 is 0. The number of allylic oxidation sites excluding steroid dienone is 1. The van der Waals surface area contributed by atoms with Gasteiger partial charge < -0.3 is 24.3 Å². The lowest BCUT2D eigenvalue weighted by molar-refractivity contribution is 0.0656. The highest BCUT2D eigenvalue weighted by molar-refractivity contribution is 5.89. The van der Waals surface area contributed by atoms with Gasteiger partial charge in [0.25, 0.3) is 0 Å². The van der Waals surface area contributed by atoms with Gasteiger partial charge in [-0.3, -0.25) is 0 Å². The van der Waals surface area contributed by atoms with Gasteiger partial charge in [-0.05, 0) is 74.2 Å². The molecule has 39 heavy (non-hydrogen) atoms. The molecule has 2 N–H and O–H groups in total. The Labute approximate surface area is 229 Å². The van der Waals surface area contributed by atoms with Gasteiger partial charge in [-0.25, -0.2) is 9.97 Å². The topological polar surface area (TPSA) is 80.1 Å². The quantitative estimate of drug-likeness (QED) is 0.217. The molecular formula is C32H37N5O2. The molecule has 1 atom stereocenters. The van der Waals surface area contributed by atoms with Gasteiger partial charge in [0, 0.05) is 18.5 Å². The molecule has 3 aromatic heterocycles. The number of methoxy groups -OCH3 is 1. The van der Waals surface area contributed by atoms with E-state index >= 15 is 0 Å². The number of nitrogens with two attached hydrogens (primary N) is 1. The van der Waals surface area contributed by atoms with Crippen LogP contribution < -0.4 is 10.5 Å². The smallest absolute Gasteiger partial charge is 0.157 e. The lowest BCUT2D eigenvalue weighted by atomic mass is 10.0. The second-order valence-corrected chi connectivity index (χ2v) is 10.3. The predicted octanol–water partition coefficient (Wildman–Crippen LogP) is 6.32. The third-order valence-corrected chi connectivity index (χ3v) is 7.07. The summed E-state index contributed by atoms with van der Waals surface area (Å²) in [7, 11) is 3.73. The van der Waals surface area contributed by atoms with Gasteiger partial charge in [0.1, 0.15) is 16.9 Å². The summed E-state index contributed by atoms with van der Waals surface area (Å²) in [6.45, 7) is 11.1. The number of fused-ring (bicyclic) bond motifs is 2. The average Bonchev–Trinajstić information content (AvgIpc) is 3.44. The lowest BCUT2D eigenvalue weighted by Crippen LogP contribution is -2.10. The minimum absolute atomic E-state index is 0.138. The fraction of sp³-hybridized carbons (Fsp3) is 0.312. The number of hydrogen-bond donors (Lipinski definition) is 1. The number of hydrogen-bond acceptors (Lipinski definition) is 5. The number of pyridine rings is 1. The van der Waals surface area contributed by atoms with E-state index in [1.807, 2.05) is 46.0 Å². The minimum atomic E-state index is -0.166. The van der Waals surface area contributed by atoms with Crippen LogP contribution in [0.3, 0.4) is 0 Å². The summed E-state index contributed by atoms with van der Waals surface area (Å²) in [5.74, 6) is 1.61. The number of rotatable bonds is 10. The van der Waals surface area contributed by atoms with Crippen molar-refractivity contribution < 1.29 is 9.47 Å². The van der Waals surface area contributed by atoms with Crippen molar-refractivity contribution in [1.82, 2.24) is 19.1 Å². The van der Waals surface area contributed by atoms with E-state index in [9.17, 15) is 0 Å². The molecule has 0 radical (unpaired) electrons. The van der Waals surface area contributed by atoms with Crippen molar-refractivity contribution >= 4 is 22.1 Å². The molecule has 0 aliphatic carbocycles. The molecule has 5 aromatic rings. The number of imidazole rings is 1. The first-order chi connectivity index (χ1) is 18.8. The Balaban J connectivity index is 1.72. The zero-order valence-corrected chi connectivity index (χ0v) is 23.4. The largest absolute Gasteiger partial charge is 0.494 e. The van der Waals surface area contributed by atoms with E-state index in [1.165, 1.54) is 11.1 Å². The van der Waals surface area contributed by atoms with E-state index < -0.39 is 0 Å². The number of aromatic nitrogens is 4. The maximum absolute atomic E-state index is 6.23. The number of ether oxygens (including phenoxy) is 2. The van der Waals surface area contributed by atoms with Crippen molar-refractivity contribution in [1.29, 1.82) is 0 Å². The first-order valence-electron chi connectivity index (χ1n) is 13.4. The Morgan fingerprint density at radius 1 is 1.03 bits per heavy atom. The molecule has 7 heteroatoms. The van der Waals surface area contributed by atoms with Crippen LogP contribution in [-0.2, 0) is 31.4 Å². The van der Waals surface area contributed by atoms with Crippen LogP contribution in [0.25, 0.3) is 33.6 Å². The van der Waals surface area contributed by atoms with Crippen molar-refractivity contribution in [2.75, 3.05) is 7.11 Å². The molecule has 0 bridgehead atoms. The second-order valence-electron chi connectivity index (χ2n) is 10.3. The molecule has 0 unspecified atom stereocenters. The zero-order valence-electron chi connectivity index (χ0n) is 23.4. The summed E-state index contributed by atoms with van der Waals surface area (Å²) in [5, 5.41) is 1.04. The van der Waals surface area contributed by atoms with Gasteiger partial charge in [0.2, 0.25) is 0 Å². The van der Waals surface area contributed by atoms with E-state index in [4.69, 9.17) is 25.2 Å². The number of nitrogens with zero attached hydrogens (tertiary/aromatic N) is 4. The third kappa shape index (κ3) is 5.20. The van der Waals surface area contributed by atoms with Crippen molar-refractivity contribution in [3.63, 3.8) is 0 Å². The number of benzene rings is 2. The molecule has 0 saturated heterocycles. The second kappa shape index (κ2) is 11.0. The maximum atomic E-state index is 6.23. The molecule has 0 saturated carbocycles. The van der Waals surface area contributed by atoms with Crippen LogP contribution >= 0.6 is 0 Å². The van der Waals surface area contributed by atoms with E-state index in [1.54, 1.807) is 7.11 Å². The van der Waals surface area contributed by atoms with Gasteiger partial charge in [-0.15, -0.1) is 6.58 Å². The summed E-state index contributed by atoms with van der Waals surface area (Å²) in [6, 6.07) is 18.7. The monoisotopic (exact) mass is 523 g/mol. The molecule has 2 aromatic carbocycles. The van der Waals surface area contributed by atoms with E-state index in [2.05, 4.69) is 58.2 Å². The molecular weight excluding hydrogens is 486 g/mol. The summed E-state index contributed by atoms with van der Waals surface area (Å²) < 4.78 is 16.0. The predicted molar refractivity (Wildman–Crippen MR) is 158 cm³/mol. The zero-order chi connectivity index (χ0) is 27.7. The van der Waals surface area contributed by atoms with Gasteiger partial charge in [0.05, 0.1) is 43.3 Å². The highest BCUT2D eigenvalue weighted by atomic mass is 16.5. The van der Waals surface area contributed by atoms with Crippen molar-refractivity contribution in [3.05, 3.63) is 89.6 Å². The van der Waals surface area contributed by atoms with Gasteiger partial charge in [0.15, 0.2) is 5.82 Å². The van der Waals surface area contributed by atoms with Gasteiger partial charge in [-0.1, -0.05) is 30.3 Å². The van der Waals surface area contributed by atoms with Gasteiger partial charge in [-0.2, -0.15) is 0 Å². The third-order valence-electron chi connectivity index (χ3n) is 7.07. The Bertz CT molecular complexity index is 1640. The molecule has 7 nitrogen and oxygen atoms in total. The SMILES string of the molecule is C=CCc1ccccc1Cn1c(-c2nc3cc(COC(C)C)cc(OC)c3n2C)cc2ccc([C@@H](C)N)nc21. The van der Waals surface area contributed by atoms with Crippen LogP contribution in [0.1, 0.15) is 49.2 Å². The van der Waals surface area contributed by atoms with Crippen molar-refractivity contribution in [2.45, 2.75) is 52.5 Å². The van der Waals surface area contributed by atoms with Crippen LogP contribution in [0.2, 0.25) is 0 Å². The van der Waals surface area contributed by atoms with Gasteiger partial charge >= 0.3 is 0 Å². The van der Waals surface area contributed by atoms with E-state index in [0.29, 0.717) is 13.2 Å². The van der Waals surface area contributed by atoms with Crippen LogP contribution in [0.4, 0.5) is 0 Å². The van der Waals surface area contributed by atoms with Crippen LogP contribution in [-0.4, -0.2) is 32.3 Å². The first kappa shape index (κ1) is 26.7. The molecule has 0 fully saturated rings. The molecule has 0 aliphatic rings. The molecule has 5 rings (SSSR count). The molecule has 3 heterocycles. The minimum Gasteiger partial charge on any atom is -0.494 e. The van der Waals surface area contributed by atoms with Crippen molar-refractivity contribution in [2.24, 2.45) is 12.8 Å². The number of aryl methyl sites for hydroxylation is 1. The Morgan fingerprint density at radius 2 is 1.79 bits per heavy atom. The first-order valence-corrected chi connectivity index (χ1v) is 13.4. The lowest BCUT2D eigenvalue weighted by Gasteiger charge is -2.14. The molecule has 0 aliphatic heterocycles. The Hall–Kier alpha value is -3.94. The molecule has 0 spiro atoms. The summed E-state index contributed by atoms with van der Waals surface area (Å²) in [5.41, 5.74) is 14.2. The maximum Gasteiger partial charge on any atom is 0.157 e. The molecule has 202 valence electrons. The Kier molecular flexibility index (Phi) is 7.55. The highest BCUT2D eigenvalue weighted by Crippen LogP contribution is 2.35. The fourth-order valence-electron chi connectivity index (χ4n) is 5.07.